The van der Waals surface area contributed by atoms with Crippen molar-refractivity contribution in [2.45, 2.75) is 12.8 Å². The van der Waals surface area contributed by atoms with Crippen LogP contribution in [-0.2, 0) is 0 Å². The predicted octanol–water partition coefficient (Wildman–Crippen LogP) is 1.73. The zero-order valence-corrected chi connectivity index (χ0v) is 10.5. The number of piperidine rings is 1. The number of halogens is 2. The molecule has 1 fully saturated rings. The van der Waals surface area contributed by atoms with E-state index in [1.807, 2.05) is 6.07 Å². The van der Waals surface area contributed by atoms with Gasteiger partial charge in [-0.2, -0.15) is 0 Å². The predicted molar refractivity (Wildman–Crippen MR) is 68.3 cm³/mol. The molecule has 1 unspecified atom stereocenters. The average molecular weight is 263 g/mol. The molecule has 0 amide bonds. The van der Waals surface area contributed by atoms with E-state index in [1.54, 1.807) is 6.07 Å². The second kappa shape index (κ2) is 6.23. The Labute approximate surface area is 107 Å². The lowest BCUT2D eigenvalue weighted by molar-refractivity contribution is 0.421. The van der Waals surface area contributed by atoms with Crippen LogP contribution in [0.3, 0.4) is 0 Å². The molecule has 1 aliphatic rings. The Morgan fingerprint density at radius 3 is 2.88 bits per heavy atom. The van der Waals surface area contributed by atoms with E-state index in [0.29, 0.717) is 11.1 Å². The van der Waals surface area contributed by atoms with Crippen LogP contribution in [0.5, 0.6) is 0 Å². The molecular formula is C10H16Cl2N4. The molecule has 0 saturated carbocycles. The second-order valence-electron chi connectivity index (χ2n) is 3.90. The number of hydrogen-bond acceptors (Lipinski definition) is 4. The Morgan fingerprint density at radius 2 is 2.25 bits per heavy atom. The van der Waals surface area contributed by atoms with Crippen LogP contribution in [0.4, 0.5) is 5.82 Å². The van der Waals surface area contributed by atoms with Gasteiger partial charge in [0.1, 0.15) is 0 Å². The van der Waals surface area contributed by atoms with Crippen LogP contribution in [0.2, 0.25) is 5.15 Å². The number of nitrogens with zero attached hydrogens (tertiary/aromatic N) is 3. The summed E-state index contributed by atoms with van der Waals surface area (Å²) in [7, 11) is 0. The highest BCUT2D eigenvalue weighted by atomic mass is 35.5. The highest BCUT2D eigenvalue weighted by Gasteiger charge is 2.19. The summed E-state index contributed by atoms with van der Waals surface area (Å²) in [4.78, 5) is 2.23. The topological polar surface area (TPSA) is 55.0 Å². The average Bonchev–Trinajstić information content (AvgIpc) is 2.30. The minimum atomic E-state index is 0. The van der Waals surface area contributed by atoms with Gasteiger partial charge in [0.25, 0.3) is 0 Å². The molecule has 1 atom stereocenters. The number of rotatable bonds is 2. The molecule has 1 aromatic rings. The highest BCUT2D eigenvalue weighted by molar-refractivity contribution is 6.29. The summed E-state index contributed by atoms with van der Waals surface area (Å²) in [5.74, 6) is 1.48. The Balaban J connectivity index is 0.00000128. The Morgan fingerprint density at radius 1 is 1.44 bits per heavy atom. The van der Waals surface area contributed by atoms with Crippen LogP contribution < -0.4 is 10.6 Å². The number of anilines is 1. The minimum Gasteiger partial charge on any atom is -0.355 e. The maximum atomic E-state index is 5.69. The van der Waals surface area contributed by atoms with Crippen molar-refractivity contribution in [2.75, 3.05) is 24.5 Å². The molecule has 2 rings (SSSR count). The van der Waals surface area contributed by atoms with Crippen molar-refractivity contribution in [1.29, 1.82) is 0 Å². The summed E-state index contributed by atoms with van der Waals surface area (Å²) in [5, 5.41) is 8.36. The molecular weight excluding hydrogens is 247 g/mol. The van der Waals surface area contributed by atoms with Crippen molar-refractivity contribution < 1.29 is 0 Å². The minimum absolute atomic E-state index is 0. The van der Waals surface area contributed by atoms with Crippen LogP contribution in [0, 0.1) is 5.92 Å². The summed E-state index contributed by atoms with van der Waals surface area (Å²) >= 11 is 5.69. The number of aromatic nitrogens is 2. The first-order valence-electron chi connectivity index (χ1n) is 5.24. The zero-order valence-electron chi connectivity index (χ0n) is 8.97. The molecule has 2 heterocycles. The summed E-state index contributed by atoms with van der Waals surface area (Å²) in [6, 6.07) is 3.68. The van der Waals surface area contributed by atoms with E-state index >= 15 is 0 Å². The SMILES string of the molecule is Cl.NCC1CCCN(c2ccc(Cl)nn2)C1. The third kappa shape index (κ3) is 3.20. The monoisotopic (exact) mass is 262 g/mol. The van der Waals surface area contributed by atoms with Gasteiger partial charge in [-0.25, -0.2) is 0 Å². The number of hydrogen-bond donors (Lipinski definition) is 1. The molecule has 0 radical (unpaired) electrons. The van der Waals surface area contributed by atoms with E-state index in [1.165, 1.54) is 12.8 Å². The van der Waals surface area contributed by atoms with Crippen LogP contribution in [0.1, 0.15) is 12.8 Å². The van der Waals surface area contributed by atoms with Gasteiger partial charge in [-0.05, 0) is 37.4 Å². The maximum absolute atomic E-state index is 5.69. The van der Waals surface area contributed by atoms with Crippen molar-refractivity contribution in [3.05, 3.63) is 17.3 Å². The van der Waals surface area contributed by atoms with Crippen molar-refractivity contribution in [3.63, 3.8) is 0 Å². The molecule has 1 aromatic heterocycles. The van der Waals surface area contributed by atoms with Crippen LogP contribution in [0.15, 0.2) is 12.1 Å². The molecule has 0 aliphatic carbocycles. The fraction of sp³-hybridized carbons (Fsp3) is 0.600. The summed E-state index contributed by atoms with van der Waals surface area (Å²) < 4.78 is 0. The van der Waals surface area contributed by atoms with Crippen molar-refractivity contribution in [3.8, 4) is 0 Å². The zero-order chi connectivity index (χ0) is 10.7. The first-order valence-corrected chi connectivity index (χ1v) is 5.61. The third-order valence-corrected chi connectivity index (χ3v) is 3.00. The third-order valence-electron chi connectivity index (χ3n) is 2.79. The first kappa shape index (κ1) is 13.5. The summed E-state index contributed by atoms with van der Waals surface area (Å²) in [6.45, 7) is 2.76. The van der Waals surface area contributed by atoms with Gasteiger partial charge in [0.15, 0.2) is 11.0 Å². The molecule has 1 saturated heterocycles. The number of nitrogens with two attached hydrogens (primary N) is 1. The van der Waals surface area contributed by atoms with Gasteiger partial charge < -0.3 is 10.6 Å². The Hall–Kier alpha value is -0.580. The van der Waals surface area contributed by atoms with Crippen LogP contribution >= 0.6 is 24.0 Å². The molecule has 90 valence electrons. The van der Waals surface area contributed by atoms with E-state index in [4.69, 9.17) is 17.3 Å². The van der Waals surface area contributed by atoms with E-state index in [-0.39, 0.29) is 12.4 Å². The van der Waals surface area contributed by atoms with Gasteiger partial charge in [0, 0.05) is 13.1 Å². The normalized spacial score (nSPS) is 20.4. The Kier molecular flexibility index (Phi) is 5.25. The quantitative estimate of drug-likeness (QED) is 0.882. The van der Waals surface area contributed by atoms with E-state index in [9.17, 15) is 0 Å². The Bertz CT molecular complexity index is 317. The van der Waals surface area contributed by atoms with Gasteiger partial charge >= 0.3 is 0 Å². The van der Waals surface area contributed by atoms with Crippen molar-refractivity contribution in [2.24, 2.45) is 11.7 Å². The first-order chi connectivity index (χ1) is 7.29. The highest BCUT2D eigenvalue weighted by Crippen LogP contribution is 2.20. The lowest BCUT2D eigenvalue weighted by Gasteiger charge is -2.32. The molecule has 1 aliphatic heterocycles. The molecule has 16 heavy (non-hydrogen) atoms. The van der Waals surface area contributed by atoms with E-state index in [2.05, 4.69) is 15.1 Å². The molecule has 0 spiro atoms. The molecule has 2 N–H and O–H groups in total. The van der Waals surface area contributed by atoms with E-state index < -0.39 is 0 Å². The fourth-order valence-corrected chi connectivity index (χ4v) is 2.04. The van der Waals surface area contributed by atoms with Gasteiger partial charge in [0.05, 0.1) is 0 Å². The van der Waals surface area contributed by atoms with Gasteiger partial charge in [-0.15, -0.1) is 22.6 Å². The summed E-state index contributed by atoms with van der Waals surface area (Å²) in [5.41, 5.74) is 5.68. The molecule has 0 bridgehead atoms. The molecule has 6 heteroatoms. The van der Waals surface area contributed by atoms with Gasteiger partial charge in [0.2, 0.25) is 0 Å². The molecule has 0 aromatic carbocycles. The van der Waals surface area contributed by atoms with Gasteiger partial charge in [-0.3, -0.25) is 0 Å². The van der Waals surface area contributed by atoms with Crippen molar-refractivity contribution >= 4 is 29.8 Å². The largest absolute Gasteiger partial charge is 0.355 e. The van der Waals surface area contributed by atoms with E-state index in [0.717, 1.165) is 25.5 Å². The summed E-state index contributed by atoms with van der Waals surface area (Å²) in [6.07, 6.45) is 2.39. The van der Waals surface area contributed by atoms with Crippen molar-refractivity contribution in [1.82, 2.24) is 10.2 Å². The lowest BCUT2D eigenvalue weighted by atomic mass is 9.98. The van der Waals surface area contributed by atoms with Gasteiger partial charge in [-0.1, -0.05) is 11.6 Å². The molecule has 4 nitrogen and oxygen atoms in total. The second-order valence-corrected chi connectivity index (χ2v) is 4.29. The fourth-order valence-electron chi connectivity index (χ4n) is 1.94. The maximum Gasteiger partial charge on any atom is 0.151 e. The van der Waals surface area contributed by atoms with Crippen LogP contribution in [0.25, 0.3) is 0 Å². The van der Waals surface area contributed by atoms with Crippen LogP contribution in [-0.4, -0.2) is 29.8 Å². The lowest BCUT2D eigenvalue weighted by Crippen LogP contribution is -2.38. The standard InChI is InChI=1S/C10H15ClN4.ClH/c11-9-3-4-10(14-13-9)15-5-1-2-8(6-12)7-15;/h3-4,8H,1-2,5-7,12H2;1H. The smallest absolute Gasteiger partial charge is 0.151 e.